The molecule has 0 bridgehead atoms. The van der Waals surface area contributed by atoms with Crippen molar-refractivity contribution < 1.29 is 4.79 Å². The van der Waals surface area contributed by atoms with E-state index in [4.69, 9.17) is 0 Å². The van der Waals surface area contributed by atoms with Crippen LogP contribution in [0.4, 0.5) is 0 Å². The first-order chi connectivity index (χ1) is 13.4. The number of thiophene rings is 1. The number of thioether (sulfide) groups is 1. The van der Waals surface area contributed by atoms with E-state index in [-0.39, 0.29) is 23.3 Å². The van der Waals surface area contributed by atoms with Crippen LogP contribution in [0, 0.1) is 0 Å². The zero-order valence-corrected chi connectivity index (χ0v) is 18.2. The molecular formula is C21H25N3O2S2. The van der Waals surface area contributed by atoms with Crippen molar-refractivity contribution >= 4 is 39.2 Å². The first-order valence-corrected chi connectivity index (χ1v) is 11.3. The number of fused-ring (bicyclic) bond motifs is 1. The van der Waals surface area contributed by atoms with Gasteiger partial charge in [-0.05, 0) is 30.4 Å². The van der Waals surface area contributed by atoms with Crippen molar-refractivity contribution in [2.75, 3.05) is 5.75 Å². The highest BCUT2D eigenvalue weighted by Crippen LogP contribution is 2.32. The predicted molar refractivity (Wildman–Crippen MR) is 118 cm³/mol. The van der Waals surface area contributed by atoms with Gasteiger partial charge in [0.25, 0.3) is 5.56 Å². The molecule has 2 aromatic heterocycles. The van der Waals surface area contributed by atoms with Gasteiger partial charge in [0.05, 0.1) is 11.1 Å². The van der Waals surface area contributed by atoms with Crippen molar-refractivity contribution in [3.8, 4) is 11.1 Å². The van der Waals surface area contributed by atoms with Gasteiger partial charge in [-0.3, -0.25) is 9.59 Å². The van der Waals surface area contributed by atoms with E-state index in [1.165, 1.54) is 28.7 Å². The van der Waals surface area contributed by atoms with Gasteiger partial charge in [-0.2, -0.15) is 0 Å². The van der Waals surface area contributed by atoms with Crippen LogP contribution in [0.2, 0.25) is 0 Å². The van der Waals surface area contributed by atoms with Crippen molar-refractivity contribution in [1.29, 1.82) is 0 Å². The molecule has 0 aliphatic heterocycles. The van der Waals surface area contributed by atoms with Crippen molar-refractivity contribution in [1.82, 2.24) is 15.3 Å². The maximum Gasteiger partial charge on any atom is 0.260 e. The van der Waals surface area contributed by atoms with Gasteiger partial charge in [-0.1, -0.05) is 56.8 Å². The fraction of sp³-hybridized carbons (Fsp3) is 0.381. The summed E-state index contributed by atoms with van der Waals surface area (Å²) in [5.41, 5.74) is 3.01. The second kappa shape index (κ2) is 8.92. The van der Waals surface area contributed by atoms with Crippen LogP contribution in [0.3, 0.4) is 0 Å². The maximum atomic E-state index is 12.7. The number of rotatable bonds is 7. The number of carbonyl (C=O) groups excluding carboxylic acids is 1. The molecule has 0 fully saturated rings. The largest absolute Gasteiger partial charge is 0.353 e. The van der Waals surface area contributed by atoms with Gasteiger partial charge >= 0.3 is 0 Å². The molecule has 0 saturated carbocycles. The summed E-state index contributed by atoms with van der Waals surface area (Å²) in [4.78, 5) is 32.7. The SMILES string of the molecule is CC[C@@H](C)NC(=O)CSc1nc2scc(-c3ccc(C(C)C)cc3)c2c(=O)[nH]1. The third-order valence-electron chi connectivity index (χ3n) is 4.67. The number of amides is 1. The zero-order chi connectivity index (χ0) is 20.3. The Bertz CT molecular complexity index is 1020. The summed E-state index contributed by atoms with van der Waals surface area (Å²) in [6.45, 7) is 8.31. The molecule has 28 heavy (non-hydrogen) atoms. The van der Waals surface area contributed by atoms with Crippen LogP contribution < -0.4 is 10.9 Å². The van der Waals surface area contributed by atoms with Crippen LogP contribution in [0.15, 0.2) is 39.6 Å². The number of hydrogen-bond donors (Lipinski definition) is 2. The topological polar surface area (TPSA) is 74.8 Å². The minimum atomic E-state index is -0.168. The first-order valence-electron chi connectivity index (χ1n) is 9.43. The van der Waals surface area contributed by atoms with Crippen LogP contribution in [0.5, 0.6) is 0 Å². The van der Waals surface area contributed by atoms with Crippen LogP contribution >= 0.6 is 23.1 Å². The quantitative estimate of drug-likeness (QED) is 0.430. The van der Waals surface area contributed by atoms with Crippen LogP contribution in [0.1, 0.15) is 45.6 Å². The van der Waals surface area contributed by atoms with Gasteiger partial charge in [-0.15, -0.1) is 11.3 Å². The molecule has 2 N–H and O–H groups in total. The van der Waals surface area contributed by atoms with Crippen molar-refractivity contribution in [2.45, 2.75) is 51.2 Å². The Morgan fingerprint density at radius 1 is 1.25 bits per heavy atom. The molecule has 2 heterocycles. The Kier molecular flexibility index (Phi) is 6.57. The Balaban J connectivity index is 1.82. The zero-order valence-electron chi connectivity index (χ0n) is 16.5. The third-order valence-corrected chi connectivity index (χ3v) is 6.42. The van der Waals surface area contributed by atoms with E-state index < -0.39 is 0 Å². The molecule has 0 aliphatic carbocycles. The number of aromatic nitrogens is 2. The first kappa shape index (κ1) is 20.6. The lowest BCUT2D eigenvalue weighted by atomic mass is 9.99. The summed E-state index contributed by atoms with van der Waals surface area (Å²) in [5.74, 6) is 0.642. The number of nitrogens with zero attached hydrogens (tertiary/aromatic N) is 1. The summed E-state index contributed by atoms with van der Waals surface area (Å²) >= 11 is 2.70. The lowest BCUT2D eigenvalue weighted by Crippen LogP contribution is -2.33. The Hall–Kier alpha value is -2.12. The van der Waals surface area contributed by atoms with Crippen molar-refractivity contribution in [2.24, 2.45) is 0 Å². The van der Waals surface area contributed by atoms with Gasteiger partial charge in [-0.25, -0.2) is 4.98 Å². The van der Waals surface area contributed by atoms with Crippen LogP contribution in [-0.2, 0) is 4.79 Å². The van der Waals surface area contributed by atoms with Gasteiger partial charge in [0, 0.05) is 17.0 Å². The molecule has 1 amide bonds. The minimum absolute atomic E-state index is 0.0563. The summed E-state index contributed by atoms with van der Waals surface area (Å²) in [5, 5.41) is 5.97. The van der Waals surface area contributed by atoms with E-state index in [1.54, 1.807) is 0 Å². The molecule has 5 nitrogen and oxygen atoms in total. The summed E-state index contributed by atoms with van der Waals surface area (Å²) < 4.78 is 0. The molecule has 3 rings (SSSR count). The number of H-pyrrole nitrogens is 1. The summed E-state index contributed by atoms with van der Waals surface area (Å²) in [6, 6.07) is 8.46. The standard InChI is InChI=1S/C21H25N3O2S2/c1-5-13(4)22-17(25)11-28-21-23-19(26)18-16(10-27-20(18)24-21)15-8-6-14(7-9-15)12(2)3/h6-10,12-13H,5,11H2,1-4H3,(H,22,25)(H,23,24,26)/t13-/m1/s1. The number of carbonyl (C=O) groups is 1. The molecule has 0 aliphatic rings. The lowest BCUT2D eigenvalue weighted by Gasteiger charge is -2.10. The van der Waals surface area contributed by atoms with E-state index >= 15 is 0 Å². The fourth-order valence-electron chi connectivity index (χ4n) is 2.81. The predicted octanol–water partition coefficient (Wildman–Crippen LogP) is 4.78. The van der Waals surface area contributed by atoms with Crippen molar-refractivity contribution in [3.05, 3.63) is 45.6 Å². The van der Waals surface area contributed by atoms with Gasteiger partial charge in [0.2, 0.25) is 5.91 Å². The number of nitrogens with one attached hydrogen (secondary N) is 2. The molecule has 1 atom stereocenters. The van der Waals surface area contributed by atoms with Crippen LogP contribution in [-0.4, -0.2) is 27.7 Å². The van der Waals surface area contributed by atoms with E-state index in [0.717, 1.165) is 17.5 Å². The molecule has 0 radical (unpaired) electrons. The number of hydrogen-bond acceptors (Lipinski definition) is 5. The monoisotopic (exact) mass is 415 g/mol. The molecule has 0 spiro atoms. The van der Waals surface area contributed by atoms with Crippen molar-refractivity contribution in [3.63, 3.8) is 0 Å². The Morgan fingerprint density at radius 3 is 2.61 bits per heavy atom. The molecule has 1 aromatic carbocycles. The smallest absolute Gasteiger partial charge is 0.260 e. The third kappa shape index (κ3) is 4.64. The maximum absolute atomic E-state index is 12.7. The number of benzene rings is 1. The van der Waals surface area contributed by atoms with E-state index in [2.05, 4.69) is 53.4 Å². The fourth-order valence-corrected chi connectivity index (χ4v) is 4.49. The molecule has 7 heteroatoms. The highest BCUT2D eigenvalue weighted by molar-refractivity contribution is 7.99. The lowest BCUT2D eigenvalue weighted by molar-refractivity contribution is -0.119. The molecular weight excluding hydrogens is 390 g/mol. The number of aromatic amines is 1. The van der Waals surface area contributed by atoms with E-state index in [1.807, 2.05) is 19.2 Å². The summed E-state index contributed by atoms with van der Waals surface area (Å²) in [7, 11) is 0. The molecule has 3 aromatic rings. The summed E-state index contributed by atoms with van der Waals surface area (Å²) in [6.07, 6.45) is 0.883. The average Bonchev–Trinajstić information content (AvgIpc) is 3.11. The molecule has 148 valence electrons. The molecule has 0 unspecified atom stereocenters. The van der Waals surface area contributed by atoms with Gasteiger partial charge in [0.1, 0.15) is 4.83 Å². The van der Waals surface area contributed by atoms with Gasteiger partial charge < -0.3 is 10.3 Å². The normalized spacial score (nSPS) is 12.5. The minimum Gasteiger partial charge on any atom is -0.353 e. The van der Waals surface area contributed by atoms with Crippen LogP contribution in [0.25, 0.3) is 21.3 Å². The molecule has 0 saturated heterocycles. The van der Waals surface area contributed by atoms with E-state index in [0.29, 0.717) is 21.3 Å². The second-order valence-electron chi connectivity index (χ2n) is 7.14. The van der Waals surface area contributed by atoms with E-state index in [9.17, 15) is 9.59 Å². The highest BCUT2D eigenvalue weighted by Gasteiger charge is 2.14. The highest BCUT2D eigenvalue weighted by atomic mass is 32.2. The average molecular weight is 416 g/mol. The van der Waals surface area contributed by atoms with Gasteiger partial charge in [0.15, 0.2) is 5.16 Å². The Labute approximate surface area is 173 Å². The Morgan fingerprint density at radius 2 is 1.96 bits per heavy atom. The second-order valence-corrected chi connectivity index (χ2v) is 8.96.